The minimum atomic E-state index is -0.798. The number of imide groups is 1. The number of fused-ring (bicyclic) bond motifs is 2. The third-order valence-electron chi connectivity index (χ3n) is 8.23. The van der Waals surface area contributed by atoms with Crippen LogP contribution in [0.1, 0.15) is 66.2 Å². The van der Waals surface area contributed by atoms with E-state index >= 15 is 0 Å². The number of ether oxygens (including phenoxy) is 1. The van der Waals surface area contributed by atoms with Crippen LogP contribution in [0.3, 0.4) is 0 Å². The number of hydrogen-bond acceptors (Lipinski definition) is 4. The van der Waals surface area contributed by atoms with Gasteiger partial charge in [0.05, 0.1) is 0 Å². The number of carbonyl (C=O) groups excluding carboxylic acids is 3. The van der Waals surface area contributed by atoms with E-state index in [9.17, 15) is 14.4 Å². The Morgan fingerprint density at radius 2 is 1.85 bits per heavy atom. The molecule has 27 heavy (non-hydrogen) atoms. The van der Waals surface area contributed by atoms with E-state index in [-0.39, 0.29) is 18.6 Å². The molecule has 1 aliphatic heterocycles. The molecule has 5 aliphatic rings. The molecule has 0 aromatic carbocycles. The van der Waals surface area contributed by atoms with E-state index in [1.54, 1.807) is 0 Å². The van der Waals surface area contributed by atoms with Gasteiger partial charge >= 0.3 is 12.0 Å². The lowest BCUT2D eigenvalue weighted by Gasteiger charge is -2.61. The SMILES string of the molecule is CC1CCC2(CC1)NC(=O)N(CC(=O)OC1CC3CC(C1C)C3(C)C)C2=O. The number of nitrogens with zero attached hydrogens (tertiary/aromatic N) is 1. The minimum absolute atomic E-state index is 0.0977. The molecule has 5 rings (SSSR count). The Bertz CT molecular complexity index is 665. The van der Waals surface area contributed by atoms with Crippen LogP contribution in [0.4, 0.5) is 4.79 Å². The number of rotatable bonds is 3. The normalized spacial score (nSPS) is 37.1. The van der Waals surface area contributed by atoms with Gasteiger partial charge in [0.25, 0.3) is 5.91 Å². The van der Waals surface area contributed by atoms with Gasteiger partial charge < -0.3 is 10.1 Å². The van der Waals surface area contributed by atoms with Gasteiger partial charge in [0, 0.05) is 0 Å². The second-order valence-electron chi connectivity index (χ2n) is 10.1. The Labute approximate surface area is 161 Å². The van der Waals surface area contributed by atoms with Crippen LogP contribution in [-0.2, 0) is 14.3 Å². The Morgan fingerprint density at radius 3 is 2.44 bits per heavy atom. The summed E-state index contributed by atoms with van der Waals surface area (Å²) in [6.45, 7) is 8.66. The number of esters is 1. The van der Waals surface area contributed by atoms with Crippen molar-refractivity contribution in [2.24, 2.45) is 29.1 Å². The van der Waals surface area contributed by atoms with Crippen molar-refractivity contribution in [3.8, 4) is 0 Å². The predicted molar refractivity (Wildman–Crippen MR) is 99.6 cm³/mol. The first-order chi connectivity index (χ1) is 12.6. The molecule has 4 aliphatic carbocycles. The quantitative estimate of drug-likeness (QED) is 0.607. The van der Waals surface area contributed by atoms with E-state index in [0.717, 1.165) is 24.2 Å². The van der Waals surface area contributed by atoms with E-state index in [4.69, 9.17) is 4.74 Å². The van der Waals surface area contributed by atoms with Crippen molar-refractivity contribution in [1.82, 2.24) is 10.2 Å². The number of amides is 3. The monoisotopic (exact) mass is 376 g/mol. The fourth-order valence-electron chi connectivity index (χ4n) is 6.01. The number of urea groups is 1. The number of nitrogens with one attached hydrogen (secondary N) is 1. The minimum Gasteiger partial charge on any atom is -0.461 e. The van der Waals surface area contributed by atoms with Gasteiger partial charge in [0.1, 0.15) is 18.2 Å². The zero-order valence-electron chi connectivity index (χ0n) is 16.9. The van der Waals surface area contributed by atoms with Crippen LogP contribution >= 0.6 is 0 Å². The first kappa shape index (κ1) is 18.8. The maximum Gasteiger partial charge on any atom is 0.326 e. The molecule has 1 saturated heterocycles. The molecular formula is C21H32N2O4. The Hall–Kier alpha value is -1.59. The molecule has 2 bridgehead atoms. The molecule has 150 valence electrons. The van der Waals surface area contributed by atoms with E-state index in [1.807, 2.05) is 0 Å². The van der Waals surface area contributed by atoms with Crippen molar-refractivity contribution in [3.05, 3.63) is 0 Å². The maximum absolute atomic E-state index is 12.9. The summed E-state index contributed by atoms with van der Waals surface area (Å²) in [6.07, 6.45) is 5.16. The molecule has 4 unspecified atom stereocenters. The van der Waals surface area contributed by atoms with Crippen LogP contribution in [0.5, 0.6) is 0 Å². The third kappa shape index (κ3) is 2.87. The summed E-state index contributed by atoms with van der Waals surface area (Å²) in [5, 5.41) is 2.86. The first-order valence-electron chi connectivity index (χ1n) is 10.5. The molecule has 0 radical (unpaired) electrons. The molecule has 1 N–H and O–H groups in total. The predicted octanol–water partition coefficient (Wildman–Crippen LogP) is 3.10. The van der Waals surface area contributed by atoms with E-state index in [0.29, 0.717) is 41.9 Å². The summed E-state index contributed by atoms with van der Waals surface area (Å²) < 4.78 is 5.74. The van der Waals surface area contributed by atoms with Crippen LogP contribution in [0.25, 0.3) is 0 Å². The van der Waals surface area contributed by atoms with E-state index in [1.165, 1.54) is 6.42 Å². The summed E-state index contributed by atoms with van der Waals surface area (Å²) in [5.74, 6) is 1.36. The van der Waals surface area contributed by atoms with E-state index in [2.05, 4.69) is 33.0 Å². The number of carbonyl (C=O) groups is 3. The average Bonchev–Trinajstić information content (AvgIpc) is 2.83. The zero-order chi connectivity index (χ0) is 19.6. The number of hydrogen-bond donors (Lipinski definition) is 1. The maximum atomic E-state index is 12.9. The second-order valence-corrected chi connectivity index (χ2v) is 10.1. The third-order valence-corrected chi connectivity index (χ3v) is 8.23. The van der Waals surface area contributed by atoms with Crippen LogP contribution in [-0.4, -0.2) is 41.0 Å². The van der Waals surface area contributed by atoms with Gasteiger partial charge in [-0.25, -0.2) is 4.79 Å². The van der Waals surface area contributed by atoms with Crippen molar-refractivity contribution in [3.63, 3.8) is 0 Å². The largest absolute Gasteiger partial charge is 0.461 e. The fourth-order valence-corrected chi connectivity index (χ4v) is 6.01. The second kappa shape index (κ2) is 6.21. The zero-order valence-corrected chi connectivity index (χ0v) is 16.9. The standard InChI is InChI=1S/C21H32N2O4/c1-12-5-7-21(8-6-12)18(25)23(19(26)22-21)11-17(24)27-16-10-14-9-15(13(16)2)20(14,3)4/h12-16H,5-11H2,1-4H3,(H,22,26). The molecular weight excluding hydrogens is 344 g/mol. The van der Waals surface area contributed by atoms with Crippen LogP contribution < -0.4 is 5.32 Å². The van der Waals surface area contributed by atoms with Gasteiger partial charge in [-0.1, -0.05) is 27.7 Å². The van der Waals surface area contributed by atoms with E-state index < -0.39 is 17.5 Å². The fraction of sp³-hybridized carbons (Fsp3) is 0.857. The average molecular weight is 376 g/mol. The topological polar surface area (TPSA) is 75.7 Å². The van der Waals surface area contributed by atoms with Crippen molar-refractivity contribution < 1.29 is 19.1 Å². The van der Waals surface area contributed by atoms with Gasteiger partial charge in [-0.15, -0.1) is 0 Å². The van der Waals surface area contributed by atoms with Crippen molar-refractivity contribution in [2.45, 2.75) is 77.9 Å². The van der Waals surface area contributed by atoms with Crippen molar-refractivity contribution >= 4 is 17.9 Å². The Balaban J connectivity index is 1.36. The van der Waals surface area contributed by atoms with Crippen molar-refractivity contribution in [1.29, 1.82) is 0 Å². The molecule has 3 amide bonds. The molecule has 1 spiro atoms. The molecule has 5 fully saturated rings. The molecule has 0 aromatic heterocycles. The highest BCUT2D eigenvalue weighted by Crippen LogP contribution is 2.61. The van der Waals surface area contributed by atoms with Crippen molar-refractivity contribution in [2.75, 3.05) is 6.54 Å². The summed E-state index contributed by atoms with van der Waals surface area (Å²) in [4.78, 5) is 38.8. The summed E-state index contributed by atoms with van der Waals surface area (Å²) >= 11 is 0. The highest BCUT2D eigenvalue weighted by Gasteiger charge is 2.57. The van der Waals surface area contributed by atoms with Gasteiger partial charge in [0.2, 0.25) is 0 Å². The Morgan fingerprint density at radius 1 is 1.19 bits per heavy atom. The highest BCUT2D eigenvalue weighted by molar-refractivity contribution is 6.08. The van der Waals surface area contributed by atoms with Gasteiger partial charge in [-0.2, -0.15) is 0 Å². The molecule has 4 atom stereocenters. The first-order valence-corrected chi connectivity index (χ1v) is 10.5. The summed E-state index contributed by atoms with van der Waals surface area (Å²) in [6, 6.07) is -0.452. The molecule has 6 heteroatoms. The molecule has 0 aromatic rings. The van der Waals surface area contributed by atoms with Gasteiger partial charge in [-0.05, 0) is 67.6 Å². The summed E-state index contributed by atoms with van der Waals surface area (Å²) in [7, 11) is 0. The molecule has 6 nitrogen and oxygen atoms in total. The summed E-state index contributed by atoms with van der Waals surface area (Å²) in [5.41, 5.74) is -0.467. The lowest BCUT2D eigenvalue weighted by Crippen LogP contribution is -2.57. The van der Waals surface area contributed by atoms with Gasteiger partial charge in [0.15, 0.2) is 0 Å². The molecule has 1 heterocycles. The smallest absolute Gasteiger partial charge is 0.326 e. The lowest BCUT2D eigenvalue weighted by molar-refractivity contribution is -0.186. The van der Waals surface area contributed by atoms with Gasteiger partial charge in [-0.3, -0.25) is 14.5 Å². The van der Waals surface area contributed by atoms with Crippen LogP contribution in [0, 0.1) is 29.1 Å². The van der Waals surface area contributed by atoms with Crippen LogP contribution in [0.2, 0.25) is 0 Å². The highest BCUT2D eigenvalue weighted by atomic mass is 16.5. The Kier molecular flexibility index (Phi) is 4.32. The molecule has 4 saturated carbocycles. The van der Waals surface area contributed by atoms with Crippen LogP contribution in [0.15, 0.2) is 0 Å². The lowest BCUT2D eigenvalue weighted by atomic mass is 9.45.